The Morgan fingerprint density at radius 3 is 1.33 bits per heavy atom. The maximum Gasteiger partial charge on any atom is 0.0252 e. The average molecular weight is 295 g/mol. The lowest BCUT2D eigenvalue weighted by Gasteiger charge is -2.03. The summed E-state index contributed by atoms with van der Waals surface area (Å²) >= 11 is 0. The van der Waals surface area contributed by atoms with Gasteiger partial charge in [0.2, 0.25) is 0 Å². The first-order chi connectivity index (χ1) is 10.4. The lowest BCUT2D eigenvalue weighted by molar-refractivity contribution is 0.526. The molecule has 0 bridgehead atoms. The van der Waals surface area contributed by atoms with Crippen molar-refractivity contribution in [1.82, 2.24) is 4.90 Å². The summed E-state index contributed by atoms with van der Waals surface area (Å²) in [5.41, 5.74) is 0. The molecular weight excluding hydrogens is 254 g/mol. The summed E-state index contributed by atoms with van der Waals surface area (Å²) in [6, 6.07) is 0. The minimum Gasteiger partial charge on any atom is -0.296 e. The minimum atomic E-state index is 1.32. The fourth-order valence-corrected chi connectivity index (χ4v) is 3.03. The molecule has 21 heavy (non-hydrogen) atoms. The highest BCUT2D eigenvalue weighted by Gasteiger charge is 2.15. The van der Waals surface area contributed by atoms with Crippen LogP contribution in [0.3, 0.4) is 0 Å². The van der Waals surface area contributed by atoms with Gasteiger partial charge in [-0.05, 0) is 6.42 Å². The van der Waals surface area contributed by atoms with Crippen molar-refractivity contribution >= 4 is 0 Å². The van der Waals surface area contributed by atoms with Gasteiger partial charge in [-0.3, -0.25) is 4.90 Å². The van der Waals surface area contributed by atoms with Gasteiger partial charge < -0.3 is 0 Å². The lowest BCUT2D eigenvalue weighted by Crippen LogP contribution is -1.90. The normalized spacial score (nSPS) is 14.7. The second-order valence-electron chi connectivity index (χ2n) is 6.96. The van der Waals surface area contributed by atoms with E-state index in [0.29, 0.717) is 0 Å². The fourth-order valence-electron chi connectivity index (χ4n) is 3.03. The Morgan fingerprint density at radius 2 is 0.952 bits per heavy atom. The van der Waals surface area contributed by atoms with E-state index >= 15 is 0 Å². The molecule has 0 aliphatic carbocycles. The Morgan fingerprint density at radius 1 is 0.571 bits per heavy atom. The van der Waals surface area contributed by atoms with E-state index in [1.807, 2.05) is 0 Å². The molecular formula is C20H40N. The van der Waals surface area contributed by atoms with Gasteiger partial charge in [-0.15, -0.1) is 0 Å². The summed E-state index contributed by atoms with van der Waals surface area (Å²) in [4.78, 5) is 2.42. The van der Waals surface area contributed by atoms with Gasteiger partial charge in [0.1, 0.15) is 0 Å². The first kappa shape index (κ1) is 19.0. The Labute approximate surface area is 134 Å². The summed E-state index contributed by atoms with van der Waals surface area (Å²) in [5, 5.41) is 0. The van der Waals surface area contributed by atoms with Crippen molar-refractivity contribution in [3.05, 3.63) is 6.54 Å². The Balaban J connectivity index is 1.59. The van der Waals surface area contributed by atoms with E-state index in [1.54, 1.807) is 0 Å². The van der Waals surface area contributed by atoms with Crippen LogP contribution in [0, 0.1) is 6.54 Å². The number of hydrogen-bond acceptors (Lipinski definition) is 1. The molecule has 1 aliphatic rings. The number of nitrogens with zero attached hydrogens (tertiary/aromatic N) is 1. The second-order valence-corrected chi connectivity index (χ2v) is 6.96. The van der Waals surface area contributed by atoms with Crippen LogP contribution >= 0.6 is 0 Å². The summed E-state index contributed by atoms with van der Waals surface area (Å²) in [6.45, 7) is 7.34. The summed E-state index contributed by atoms with van der Waals surface area (Å²) in [5.74, 6) is 0. The minimum absolute atomic E-state index is 1.32. The van der Waals surface area contributed by atoms with Gasteiger partial charge in [0, 0.05) is 19.6 Å². The van der Waals surface area contributed by atoms with E-state index in [0.717, 1.165) is 0 Å². The van der Waals surface area contributed by atoms with Crippen LogP contribution in [0.5, 0.6) is 0 Å². The van der Waals surface area contributed by atoms with Gasteiger partial charge in [-0.2, -0.15) is 0 Å². The molecule has 1 heteroatoms. The van der Waals surface area contributed by atoms with Crippen molar-refractivity contribution in [2.45, 2.75) is 110 Å². The molecule has 125 valence electrons. The van der Waals surface area contributed by atoms with Crippen molar-refractivity contribution in [1.29, 1.82) is 0 Å². The Kier molecular flexibility index (Phi) is 13.5. The van der Waals surface area contributed by atoms with Gasteiger partial charge in [0.05, 0.1) is 0 Å². The molecule has 0 saturated carbocycles. The van der Waals surface area contributed by atoms with Gasteiger partial charge in [0.15, 0.2) is 0 Å². The SMILES string of the molecule is CCCCCCCCCCCCCCCCC[CH]N1CC1. The fraction of sp³-hybridized carbons (Fsp3) is 0.950. The maximum absolute atomic E-state index is 2.42. The Bertz CT molecular complexity index is 198. The maximum atomic E-state index is 2.42. The summed E-state index contributed by atoms with van der Waals surface area (Å²) in [7, 11) is 0. The third-order valence-corrected chi connectivity index (χ3v) is 4.68. The lowest BCUT2D eigenvalue weighted by atomic mass is 10.0. The third kappa shape index (κ3) is 14.7. The van der Waals surface area contributed by atoms with E-state index in [4.69, 9.17) is 0 Å². The van der Waals surface area contributed by atoms with Crippen molar-refractivity contribution in [2.75, 3.05) is 13.1 Å². The molecule has 0 amide bonds. The standard InChI is InChI=1S/C20H40N/c1-2-3-4-5-6-7-8-9-10-11-12-13-14-15-16-17-18-21-19-20-21/h18H,2-17,19-20H2,1H3. The number of hydrogen-bond donors (Lipinski definition) is 0. The Hall–Kier alpha value is -0.0400. The van der Waals surface area contributed by atoms with Crippen LogP contribution in [0.2, 0.25) is 0 Å². The van der Waals surface area contributed by atoms with Crippen molar-refractivity contribution in [2.24, 2.45) is 0 Å². The van der Waals surface area contributed by atoms with Crippen LogP contribution in [0.4, 0.5) is 0 Å². The van der Waals surface area contributed by atoms with E-state index in [2.05, 4.69) is 18.4 Å². The zero-order valence-electron chi connectivity index (χ0n) is 14.8. The predicted molar refractivity (Wildman–Crippen MR) is 95.4 cm³/mol. The van der Waals surface area contributed by atoms with Gasteiger partial charge in [-0.25, -0.2) is 0 Å². The van der Waals surface area contributed by atoms with E-state index in [-0.39, 0.29) is 0 Å². The monoisotopic (exact) mass is 294 g/mol. The van der Waals surface area contributed by atoms with E-state index in [9.17, 15) is 0 Å². The first-order valence-corrected chi connectivity index (χ1v) is 10.0. The average Bonchev–Trinajstić information content (AvgIpc) is 3.31. The molecule has 0 unspecified atom stereocenters. The number of rotatable bonds is 17. The van der Waals surface area contributed by atoms with E-state index < -0.39 is 0 Å². The molecule has 1 radical (unpaired) electrons. The van der Waals surface area contributed by atoms with Gasteiger partial charge in [0.25, 0.3) is 0 Å². The van der Waals surface area contributed by atoms with Crippen molar-refractivity contribution in [3.63, 3.8) is 0 Å². The summed E-state index contributed by atoms with van der Waals surface area (Å²) in [6.07, 6.45) is 23.2. The van der Waals surface area contributed by atoms with Crippen LogP contribution in [0.15, 0.2) is 0 Å². The molecule has 0 aromatic heterocycles. The van der Waals surface area contributed by atoms with Gasteiger partial charge >= 0.3 is 0 Å². The molecule has 1 fully saturated rings. The van der Waals surface area contributed by atoms with Crippen molar-refractivity contribution in [3.8, 4) is 0 Å². The van der Waals surface area contributed by atoms with Crippen LogP contribution in [-0.2, 0) is 0 Å². The largest absolute Gasteiger partial charge is 0.296 e. The first-order valence-electron chi connectivity index (χ1n) is 10.0. The molecule has 1 aliphatic heterocycles. The van der Waals surface area contributed by atoms with E-state index in [1.165, 1.54) is 116 Å². The van der Waals surface area contributed by atoms with Crippen LogP contribution < -0.4 is 0 Å². The highest BCUT2D eigenvalue weighted by atomic mass is 15.2. The zero-order valence-corrected chi connectivity index (χ0v) is 14.8. The molecule has 1 saturated heterocycles. The highest BCUT2D eigenvalue weighted by molar-refractivity contribution is 4.80. The molecule has 0 spiro atoms. The molecule has 1 nitrogen and oxygen atoms in total. The highest BCUT2D eigenvalue weighted by Crippen LogP contribution is 2.15. The molecule has 1 rings (SSSR count). The molecule has 1 heterocycles. The van der Waals surface area contributed by atoms with Gasteiger partial charge in [-0.1, -0.05) is 103 Å². The smallest absolute Gasteiger partial charge is 0.0252 e. The molecule has 0 aromatic carbocycles. The molecule has 0 N–H and O–H groups in total. The predicted octanol–water partition coefficient (Wildman–Crippen LogP) is 6.73. The molecule has 0 atom stereocenters. The zero-order chi connectivity index (χ0) is 15.0. The summed E-state index contributed by atoms with van der Waals surface area (Å²) < 4.78 is 0. The molecule has 0 aromatic rings. The van der Waals surface area contributed by atoms with Crippen molar-refractivity contribution < 1.29 is 0 Å². The topological polar surface area (TPSA) is 3.01 Å². The van der Waals surface area contributed by atoms with Crippen LogP contribution in [0.1, 0.15) is 110 Å². The van der Waals surface area contributed by atoms with Crippen LogP contribution in [0.25, 0.3) is 0 Å². The number of unbranched alkanes of at least 4 members (excludes halogenated alkanes) is 15. The van der Waals surface area contributed by atoms with Crippen LogP contribution in [-0.4, -0.2) is 18.0 Å². The second kappa shape index (κ2) is 14.9. The third-order valence-electron chi connectivity index (χ3n) is 4.68. The quantitative estimate of drug-likeness (QED) is 0.212.